The maximum atomic E-state index is 12.4. The number of benzene rings is 2. The van der Waals surface area contributed by atoms with Crippen LogP contribution in [0.15, 0.2) is 48.5 Å². The van der Waals surface area contributed by atoms with Crippen molar-refractivity contribution in [3.05, 3.63) is 59.7 Å². The summed E-state index contributed by atoms with van der Waals surface area (Å²) in [5.41, 5.74) is 4.59. The zero-order valence-electron chi connectivity index (χ0n) is 19.7. The van der Waals surface area contributed by atoms with E-state index in [9.17, 15) is 19.5 Å². The predicted octanol–water partition coefficient (Wildman–Crippen LogP) is 3.55. The summed E-state index contributed by atoms with van der Waals surface area (Å²) >= 11 is 0. The Bertz CT molecular complexity index is 978. The number of methoxy groups -OCH3 is 1. The summed E-state index contributed by atoms with van der Waals surface area (Å²) in [5, 5.41) is 14.5. The fourth-order valence-corrected chi connectivity index (χ4v) is 4.25. The topological polar surface area (TPSA) is 114 Å². The lowest BCUT2D eigenvalue weighted by atomic mass is 9.98. The Morgan fingerprint density at radius 2 is 1.62 bits per heavy atom. The number of carbonyl (C=O) groups is 3. The van der Waals surface area contributed by atoms with Crippen LogP contribution in [-0.4, -0.2) is 55.5 Å². The molecule has 0 fully saturated rings. The number of carboxylic acids is 1. The van der Waals surface area contributed by atoms with Crippen LogP contribution >= 0.6 is 0 Å². The van der Waals surface area contributed by atoms with Gasteiger partial charge in [0.05, 0.1) is 6.10 Å². The molecule has 0 spiro atoms. The number of carbonyl (C=O) groups excluding carboxylic acids is 2. The number of nitrogens with one attached hydrogen (secondary N) is 2. The Labute approximate surface area is 199 Å². The zero-order chi connectivity index (χ0) is 24.7. The van der Waals surface area contributed by atoms with Crippen LogP contribution in [0.1, 0.15) is 43.7 Å². The average molecular weight is 469 g/mol. The molecule has 3 rings (SSSR count). The third-order valence-electron chi connectivity index (χ3n) is 6.35. The van der Waals surface area contributed by atoms with Gasteiger partial charge < -0.3 is 25.2 Å². The summed E-state index contributed by atoms with van der Waals surface area (Å²) in [7, 11) is 1.39. The van der Waals surface area contributed by atoms with E-state index in [1.165, 1.54) is 7.11 Å². The van der Waals surface area contributed by atoms with Gasteiger partial charge in [0.2, 0.25) is 5.91 Å². The third kappa shape index (κ3) is 5.94. The number of carboxylic acid groups (broad SMARTS) is 1. The molecule has 0 heterocycles. The highest BCUT2D eigenvalue weighted by Crippen LogP contribution is 2.44. The highest BCUT2D eigenvalue weighted by Gasteiger charge is 2.29. The maximum absolute atomic E-state index is 12.4. The average Bonchev–Trinajstić information content (AvgIpc) is 3.16. The highest BCUT2D eigenvalue weighted by atomic mass is 16.5. The van der Waals surface area contributed by atoms with E-state index in [-0.39, 0.29) is 31.4 Å². The molecule has 182 valence electrons. The first kappa shape index (κ1) is 25.2. The summed E-state index contributed by atoms with van der Waals surface area (Å²) in [6, 6.07) is 15.1. The Morgan fingerprint density at radius 1 is 1.03 bits per heavy atom. The largest absolute Gasteiger partial charge is 0.480 e. The van der Waals surface area contributed by atoms with Gasteiger partial charge in [-0.2, -0.15) is 0 Å². The Hall–Kier alpha value is -3.39. The number of hydrogen-bond donors (Lipinski definition) is 3. The first-order valence-corrected chi connectivity index (χ1v) is 11.5. The van der Waals surface area contributed by atoms with Crippen molar-refractivity contribution in [1.82, 2.24) is 10.6 Å². The molecule has 0 bridgehead atoms. The molecule has 1 unspecified atom stereocenters. The van der Waals surface area contributed by atoms with Crippen molar-refractivity contribution in [2.45, 2.75) is 44.8 Å². The second-order valence-electron chi connectivity index (χ2n) is 8.51. The number of rotatable bonds is 11. The molecule has 2 aromatic carbocycles. The van der Waals surface area contributed by atoms with Crippen LogP contribution in [-0.2, 0) is 19.1 Å². The molecular formula is C26H32N2O6. The molecule has 8 nitrogen and oxygen atoms in total. The van der Waals surface area contributed by atoms with Gasteiger partial charge in [-0.05, 0) is 35.1 Å². The van der Waals surface area contributed by atoms with E-state index >= 15 is 0 Å². The smallest absolute Gasteiger partial charge is 0.407 e. The van der Waals surface area contributed by atoms with Crippen LogP contribution in [0.5, 0.6) is 0 Å². The molecule has 1 aliphatic rings. The third-order valence-corrected chi connectivity index (χ3v) is 6.35. The van der Waals surface area contributed by atoms with Crippen LogP contribution in [0.2, 0.25) is 0 Å². The Morgan fingerprint density at radius 3 is 2.15 bits per heavy atom. The fourth-order valence-electron chi connectivity index (χ4n) is 4.25. The van der Waals surface area contributed by atoms with Gasteiger partial charge in [-0.25, -0.2) is 9.59 Å². The lowest BCUT2D eigenvalue weighted by Gasteiger charge is -2.22. The predicted molar refractivity (Wildman–Crippen MR) is 128 cm³/mol. The summed E-state index contributed by atoms with van der Waals surface area (Å²) in [6.07, 6.45) is -0.493. The van der Waals surface area contributed by atoms with Crippen molar-refractivity contribution in [1.29, 1.82) is 0 Å². The van der Waals surface area contributed by atoms with Crippen LogP contribution in [0.3, 0.4) is 0 Å². The minimum Gasteiger partial charge on any atom is -0.480 e. The molecule has 0 saturated carbocycles. The Kier molecular flexibility index (Phi) is 8.65. The van der Waals surface area contributed by atoms with E-state index < -0.39 is 30.1 Å². The summed E-state index contributed by atoms with van der Waals surface area (Å²) in [5.74, 6) is -1.75. The lowest BCUT2D eigenvalue weighted by Crippen LogP contribution is -2.49. The van der Waals surface area contributed by atoms with Crippen molar-refractivity contribution in [2.24, 2.45) is 5.92 Å². The molecule has 0 saturated heterocycles. The molecule has 1 aliphatic carbocycles. The monoisotopic (exact) mass is 468 g/mol. The molecule has 0 aliphatic heterocycles. The molecule has 0 radical (unpaired) electrons. The normalized spacial score (nSPS) is 14.9. The van der Waals surface area contributed by atoms with E-state index in [1.807, 2.05) is 31.2 Å². The minimum absolute atomic E-state index is 0.0263. The number of amides is 2. The van der Waals surface area contributed by atoms with E-state index in [2.05, 4.69) is 34.9 Å². The van der Waals surface area contributed by atoms with Crippen LogP contribution in [0.25, 0.3) is 11.1 Å². The van der Waals surface area contributed by atoms with Crippen molar-refractivity contribution >= 4 is 18.0 Å². The first-order valence-electron chi connectivity index (χ1n) is 11.5. The van der Waals surface area contributed by atoms with Crippen LogP contribution in [0, 0.1) is 5.92 Å². The van der Waals surface area contributed by atoms with Gasteiger partial charge in [0.15, 0.2) is 6.04 Å². The first-order chi connectivity index (χ1) is 16.3. The number of aliphatic carboxylic acids is 1. The number of alkyl carbamates (subject to hydrolysis) is 1. The van der Waals surface area contributed by atoms with E-state index in [1.54, 1.807) is 6.92 Å². The molecule has 3 atom stereocenters. The maximum Gasteiger partial charge on any atom is 0.407 e. The SMILES string of the molecule is CCC(CNC(=O)OCC1c2ccccc2-c2ccccc21)CC(=O)N[C@H](C(=O)O)[C@@H](C)OC. The quantitative estimate of drug-likeness (QED) is 0.465. The van der Waals surface area contributed by atoms with Crippen LogP contribution < -0.4 is 10.6 Å². The summed E-state index contributed by atoms with van der Waals surface area (Å²) < 4.78 is 10.6. The van der Waals surface area contributed by atoms with Crippen molar-refractivity contribution in [3.63, 3.8) is 0 Å². The van der Waals surface area contributed by atoms with Gasteiger partial charge in [-0.15, -0.1) is 0 Å². The lowest BCUT2D eigenvalue weighted by molar-refractivity contribution is -0.145. The minimum atomic E-state index is -1.16. The van der Waals surface area contributed by atoms with E-state index in [0.29, 0.717) is 6.42 Å². The molecule has 8 heteroatoms. The molecule has 2 aromatic rings. The summed E-state index contributed by atoms with van der Waals surface area (Å²) in [6.45, 7) is 3.95. The highest BCUT2D eigenvalue weighted by molar-refractivity contribution is 5.84. The van der Waals surface area contributed by atoms with Crippen molar-refractivity contribution in [2.75, 3.05) is 20.3 Å². The number of fused-ring (bicyclic) bond motifs is 3. The Balaban J connectivity index is 1.51. The molecule has 3 N–H and O–H groups in total. The van der Waals surface area contributed by atoms with Crippen LogP contribution in [0.4, 0.5) is 4.79 Å². The van der Waals surface area contributed by atoms with Crippen molar-refractivity contribution < 1.29 is 29.0 Å². The van der Waals surface area contributed by atoms with Gasteiger partial charge in [0.1, 0.15) is 6.61 Å². The number of ether oxygens (including phenoxy) is 2. The van der Waals surface area contributed by atoms with E-state index in [0.717, 1.165) is 22.3 Å². The van der Waals surface area contributed by atoms with Gasteiger partial charge >= 0.3 is 12.1 Å². The molecular weight excluding hydrogens is 436 g/mol. The number of hydrogen-bond acceptors (Lipinski definition) is 5. The molecule has 2 amide bonds. The van der Waals surface area contributed by atoms with Gasteiger partial charge in [0, 0.05) is 26.0 Å². The van der Waals surface area contributed by atoms with Gasteiger partial charge in [-0.3, -0.25) is 4.79 Å². The second-order valence-corrected chi connectivity index (χ2v) is 8.51. The summed E-state index contributed by atoms with van der Waals surface area (Å²) in [4.78, 5) is 36.1. The second kappa shape index (κ2) is 11.7. The van der Waals surface area contributed by atoms with Gasteiger partial charge in [-0.1, -0.05) is 61.9 Å². The van der Waals surface area contributed by atoms with E-state index in [4.69, 9.17) is 9.47 Å². The zero-order valence-corrected chi connectivity index (χ0v) is 19.7. The van der Waals surface area contributed by atoms with Gasteiger partial charge in [0.25, 0.3) is 0 Å². The molecule has 0 aromatic heterocycles. The molecule has 34 heavy (non-hydrogen) atoms. The van der Waals surface area contributed by atoms with Crippen molar-refractivity contribution in [3.8, 4) is 11.1 Å². The standard InChI is InChI=1S/C26H32N2O6/c1-4-17(13-23(29)28-24(25(30)31)16(2)33-3)14-27-26(32)34-15-22-20-11-7-5-9-18(20)19-10-6-8-12-21(19)22/h5-12,16-17,22,24H,4,13-15H2,1-3H3,(H,27,32)(H,28,29)(H,30,31)/t16-,17?,24+/m1/s1. The fraction of sp³-hybridized carbons (Fsp3) is 0.423.